The van der Waals surface area contributed by atoms with Gasteiger partial charge in [-0.2, -0.15) is 5.26 Å². The third-order valence-corrected chi connectivity index (χ3v) is 2.98. The minimum Gasteiger partial charge on any atom is -0.462 e. The van der Waals surface area contributed by atoms with Gasteiger partial charge in [-0.15, -0.1) is 0 Å². The second-order valence-corrected chi connectivity index (χ2v) is 4.35. The van der Waals surface area contributed by atoms with Gasteiger partial charge in [0.2, 0.25) is 0 Å². The van der Waals surface area contributed by atoms with Gasteiger partial charge < -0.3 is 20.1 Å². The topological polar surface area (TPSA) is 88.6 Å². The zero-order chi connectivity index (χ0) is 15.7. The van der Waals surface area contributed by atoms with Crippen LogP contribution in [0.1, 0.15) is 23.7 Å². The van der Waals surface area contributed by atoms with Crippen molar-refractivity contribution in [3.63, 3.8) is 0 Å². The van der Waals surface area contributed by atoms with Crippen molar-refractivity contribution in [3.05, 3.63) is 23.8 Å². The number of para-hydroxylation sites is 1. The average molecular weight is 291 g/mol. The van der Waals surface area contributed by atoms with Crippen molar-refractivity contribution in [2.75, 3.05) is 44.0 Å². The van der Waals surface area contributed by atoms with Crippen LogP contribution in [0.4, 0.5) is 11.4 Å². The van der Waals surface area contributed by atoms with Gasteiger partial charge in [0.1, 0.15) is 0 Å². The largest absolute Gasteiger partial charge is 0.462 e. The number of hydrogen-bond donors (Lipinski definition) is 1. The normalized spacial score (nSPS) is 9.95. The predicted molar refractivity (Wildman–Crippen MR) is 81.1 cm³/mol. The summed E-state index contributed by atoms with van der Waals surface area (Å²) in [6.07, 6.45) is 0.368. The maximum absolute atomic E-state index is 11.9. The Morgan fingerprint density at radius 2 is 2.19 bits per heavy atom. The molecule has 0 saturated heterocycles. The van der Waals surface area contributed by atoms with Crippen LogP contribution < -0.4 is 10.6 Å². The lowest BCUT2D eigenvalue weighted by Gasteiger charge is -2.25. The monoisotopic (exact) mass is 291 g/mol. The molecule has 114 valence electrons. The maximum atomic E-state index is 11.9. The number of rotatable bonds is 8. The highest BCUT2D eigenvalue weighted by molar-refractivity contribution is 5.98. The molecular formula is C15H21N3O3. The fourth-order valence-electron chi connectivity index (χ4n) is 1.95. The van der Waals surface area contributed by atoms with Gasteiger partial charge in [0.15, 0.2) is 0 Å². The minimum absolute atomic E-state index is 0.296. The van der Waals surface area contributed by atoms with Gasteiger partial charge in [-0.3, -0.25) is 0 Å². The van der Waals surface area contributed by atoms with Crippen molar-refractivity contribution in [2.45, 2.75) is 13.3 Å². The molecule has 0 aromatic heterocycles. The van der Waals surface area contributed by atoms with E-state index in [9.17, 15) is 4.79 Å². The van der Waals surface area contributed by atoms with Crippen molar-refractivity contribution in [1.82, 2.24) is 0 Å². The molecule has 0 unspecified atom stereocenters. The van der Waals surface area contributed by atoms with Gasteiger partial charge in [0, 0.05) is 20.2 Å². The van der Waals surface area contributed by atoms with E-state index in [1.54, 1.807) is 26.2 Å². The van der Waals surface area contributed by atoms with Gasteiger partial charge in [-0.05, 0) is 19.1 Å². The summed E-state index contributed by atoms with van der Waals surface area (Å²) < 4.78 is 10.1. The van der Waals surface area contributed by atoms with Crippen LogP contribution in [0.2, 0.25) is 0 Å². The van der Waals surface area contributed by atoms with Gasteiger partial charge in [-0.1, -0.05) is 6.07 Å². The molecule has 0 atom stereocenters. The van der Waals surface area contributed by atoms with Gasteiger partial charge >= 0.3 is 5.97 Å². The summed E-state index contributed by atoms with van der Waals surface area (Å²) in [5, 5.41) is 8.76. The zero-order valence-electron chi connectivity index (χ0n) is 12.5. The number of nitrogens with two attached hydrogens (primary N) is 1. The van der Waals surface area contributed by atoms with E-state index in [0.29, 0.717) is 49.7 Å². The number of hydrogen-bond acceptors (Lipinski definition) is 6. The number of benzene rings is 1. The lowest BCUT2D eigenvalue weighted by Crippen LogP contribution is -2.29. The van der Waals surface area contributed by atoms with Crippen LogP contribution in [0.15, 0.2) is 18.2 Å². The van der Waals surface area contributed by atoms with Gasteiger partial charge in [0.05, 0.1) is 42.6 Å². The minimum atomic E-state index is -0.441. The molecule has 0 aliphatic carbocycles. The van der Waals surface area contributed by atoms with Crippen LogP contribution in [-0.2, 0) is 9.47 Å². The Kier molecular flexibility index (Phi) is 7.05. The molecule has 0 saturated carbocycles. The summed E-state index contributed by atoms with van der Waals surface area (Å²) in [6.45, 7) is 3.67. The van der Waals surface area contributed by atoms with Crippen LogP contribution in [0, 0.1) is 11.3 Å². The summed E-state index contributed by atoms with van der Waals surface area (Å²) >= 11 is 0. The highest BCUT2D eigenvalue weighted by Gasteiger charge is 2.17. The second kappa shape index (κ2) is 8.82. The molecule has 2 N–H and O–H groups in total. The first-order valence-electron chi connectivity index (χ1n) is 6.82. The lowest BCUT2D eigenvalue weighted by molar-refractivity contribution is 0.0527. The van der Waals surface area contributed by atoms with E-state index >= 15 is 0 Å². The van der Waals surface area contributed by atoms with E-state index < -0.39 is 5.97 Å². The quantitative estimate of drug-likeness (QED) is 0.580. The highest BCUT2D eigenvalue weighted by atomic mass is 16.5. The number of ether oxygens (including phenoxy) is 2. The van der Waals surface area contributed by atoms with Crippen LogP contribution >= 0.6 is 0 Å². The first-order chi connectivity index (χ1) is 10.2. The van der Waals surface area contributed by atoms with E-state index in [0.717, 1.165) is 0 Å². The Bertz CT molecular complexity index is 511. The molecule has 0 radical (unpaired) electrons. The van der Waals surface area contributed by atoms with Crippen molar-refractivity contribution in [3.8, 4) is 6.07 Å². The van der Waals surface area contributed by atoms with Crippen molar-refractivity contribution < 1.29 is 14.3 Å². The molecule has 0 amide bonds. The average Bonchev–Trinajstić information content (AvgIpc) is 2.48. The molecule has 0 spiro atoms. The first kappa shape index (κ1) is 16.8. The number of nitrogens with zero attached hydrogens (tertiary/aromatic N) is 2. The molecular weight excluding hydrogens is 270 g/mol. The Morgan fingerprint density at radius 3 is 2.81 bits per heavy atom. The Labute approximate surface area is 125 Å². The Morgan fingerprint density at radius 1 is 1.43 bits per heavy atom. The molecule has 0 heterocycles. The Balaban J connectivity index is 3.04. The molecule has 6 nitrogen and oxygen atoms in total. The lowest BCUT2D eigenvalue weighted by atomic mass is 10.1. The highest BCUT2D eigenvalue weighted by Crippen LogP contribution is 2.27. The molecule has 1 aromatic rings. The number of anilines is 2. The molecule has 0 aliphatic heterocycles. The van der Waals surface area contributed by atoms with Crippen LogP contribution in [0.5, 0.6) is 0 Å². The molecule has 0 fully saturated rings. The van der Waals surface area contributed by atoms with Gasteiger partial charge in [0.25, 0.3) is 0 Å². The van der Waals surface area contributed by atoms with Gasteiger partial charge in [-0.25, -0.2) is 4.79 Å². The number of carbonyl (C=O) groups excluding carboxylic acids is 1. The van der Waals surface area contributed by atoms with E-state index in [2.05, 4.69) is 6.07 Å². The maximum Gasteiger partial charge on any atom is 0.340 e. The summed E-state index contributed by atoms with van der Waals surface area (Å²) in [5.41, 5.74) is 7.52. The molecule has 1 rings (SSSR count). The van der Waals surface area contributed by atoms with E-state index in [4.69, 9.17) is 20.5 Å². The fourth-order valence-corrected chi connectivity index (χ4v) is 1.95. The van der Waals surface area contributed by atoms with Crippen LogP contribution in [0.25, 0.3) is 0 Å². The SMILES string of the molecule is CCOC(=O)c1cccc(N(CCC#N)CCOC)c1N. The number of nitrogen functional groups attached to an aromatic ring is 1. The molecule has 6 heteroatoms. The van der Waals surface area contributed by atoms with Crippen LogP contribution in [0.3, 0.4) is 0 Å². The number of nitriles is 1. The zero-order valence-corrected chi connectivity index (χ0v) is 12.5. The van der Waals surface area contributed by atoms with Crippen molar-refractivity contribution >= 4 is 17.3 Å². The molecule has 0 aliphatic rings. The van der Waals surface area contributed by atoms with E-state index in [1.807, 2.05) is 11.0 Å². The molecule has 21 heavy (non-hydrogen) atoms. The van der Waals surface area contributed by atoms with Crippen molar-refractivity contribution in [2.24, 2.45) is 0 Å². The molecule has 1 aromatic carbocycles. The van der Waals surface area contributed by atoms with Crippen molar-refractivity contribution in [1.29, 1.82) is 5.26 Å². The molecule has 0 bridgehead atoms. The Hall–Kier alpha value is -2.26. The fraction of sp³-hybridized carbons (Fsp3) is 0.467. The number of esters is 1. The summed E-state index contributed by atoms with van der Waals surface area (Å²) in [6, 6.07) is 7.32. The van der Waals surface area contributed by atoms with E-state index in [1.165, 1.54) is 0 Å². The third-order valence-electron chi connectivity index (χ3n) is 2.98. The van der Waals surface area contributed by atoms with E-state index in [-0.39, 0.29) is 0 Å². The van der Waals surface area contributed by atoms with Crippen LogP contribution in [-0.4, -0.2) is 39.4 Å². The third kappa shape index (κ3) is 4.65. The first-order valence-corrected chi connectivity index (χ1v) is 6.82. The number of carbonyl (C=O) groups is 1. The standard InChI is InChI=1S/C15H21N3O3/c1-3-21-15(19)12-6-4-7-13(14(12)17)18(9-5-8-16)10-11-20-2/h4,6-7H,3,5,9-11,17H2,1-2H3. The second-order valence-electron chi connectivity index (χ2n) is 4.35. The number of methoxy groups -OCH3 is 1. The smallest absolute Gasteiger partial charge is 0.340 e. The summed E-state index contributed by atoms with van der Waals surface area (Å²) in [4.78, 5) is 13.8. The summed E-state index contributed by atoms with van der Waals surface area (Å²) in [5.74, 6) is -0.441. The summed E-state index contributed by atoms with van der Waals surface area (Å²) in [7, 11) is 1.61. The predicted octanol–water partition coefficient (Wildman–Crippen LogP) is 1.81.